The average Bonchev–Trinajstić information content (AvgIpc) is 2.86. The van der Waals surface area contributed by atoms with Crippen LogP contribution in [0.4, 0.5) is 0 Å². The first kappa shape index (κ1) is 16.3. The van der Waals surface area contributed by atoms with Gasteiger partial charge in [0.05, 0.1) is 0 Å². The van der Waals surface area contributed by atoms with Crippen LogP contribution in [0.15, 0.2) is 0 Å². The summed E-state index contributed by atoms with van der Waals surface area (Å²) in [7, 11) is 0. The lowest BCUT2D eigenvalue weighted by molar-refractivity contribution is -0.133. The van der Waals surface area contributed by atoms with Gasteiger partial charge in [-0.05, 0) is 31.2 Å². The summed E-state index contributed by atoms with van der Waals surface area (Å²) in [6, 6.07) is 0. The zero-order valence-electron chi connectivity index (χ0n) is 13.6. The Kier molecular flexibility index (Phi) is 4.91. The predicted octanol–water partition coefficient (Wildman–Crippen LogP) is 1.14. The van der Waals surface area contributed by atoms with Crippen LogP contribution in [0.2, 0.25) is 0 Å². The fourth-order valence-corrected chi connectivity index (χ4v) is 3.16. The van der Waals surface area contributed by atoms with Crippen molar-refractivity contribution >= 4 is 11.8 Å². The van der Waals surface area contributed by atoms with Gasteiger partial charge in [-0.25, -0.2) is 0 Å². The lowest BCUT2D eigenvalue weighted by atomic mass is 9.78. The van der Waals surface area contributed by atoms with E-state index in [0.29, 0.717) is 18.4 Å². The van der Waals surface area contributed by atoms with E-state index in [4.69, 9.17) is 0 Å². The topological polar surface area (TPSA) is 61.4 Å². The maximum atomic E-state index is 12.2. The van der Waals surface area contributed by atoms with Gasteiger partial charge >= 0.3 is 0 Å². The van der Waals surface area contributed by atoms with E-state index in [1.54, 1.807) is 0 Å². The molecule has 2 heterocycles. The molecule has 0 aliphatic carbocycles. The van der Waals surface area contributed by atoms with Crippen molar-refractivity contribution in [1.29, 1.82) is 0 Å². The van der Waals surface area contributed by atoms with Gasteiger partial charge in [0.2, 0.25) is 11.8 Å². The zero-order valence-corrected chi connectivity index (χ0v) is 13.6. The third-order valence-electron chi connectivity index (χ3n) is 4.81. The van der Waals surface area contributed by atoms with Gasteiger partial charge in [-0.1, -0.05) is 20.8 Å². The van der Waals surface area contributed by atoms with Crippen LogP contribution in [-0.2, 0) is 9.59 Å². The third-order valence-corrected chi connectivity index (χ3v) is 4.81. The Hall–Kier alpha value is -1.10. The molecule has 0 unspecified atom stereocenters. The number of carbonyl (C=O) groups is 2. The lowest BCUT2D eigenvalue weighted by Crippen LogP contribution is -2.45. The number of hydrogen-bond acceptors (Lipinski definition) is 3. The molecule has 0 aromatic rings. The Morgan fingerprint density at radius 2 is 1.86 bits per heavy atom. The van der Waals surface area contributed by atoms with Crippen LogP contribution < -0.4 is 10.6 Å². The molecule has 2 N–H and O–H groups in total. The van der Waals surface area contributed by atoms with E-state index >= 15 is 0 Å². The molecule has 2 rings (SSSR count). The second-order valence-corrected chi connectivity index (χ2v) is 7.56. The number of nitrogens with one attached hydrogen (secondary N) is 2. The van der Waals surface area contributed by atoms with Crippen molar-refractivity contribution in [3.63, 3.8) is 0 Å². The summed E-state index contributed by atoms with van der Waals surface area (Å²) in [5.74, 6) is 0.176. The second kappa shape index (κ2) is 6.34. The first-order chi connectivity index (χ1) is 9.82. The van der Waals surface area contributed by atoms with E-state index in [9.17, 15) is 9.59 Å². The molecule has 5 heteroatoms. The van der Waals surface area contributed by atoms with E-state index in [1.165, 1.54) is 6.42 Å². The summed E-state index contributed by atoms with van der Waals surface area (Å²) in [6.45, 7) is 10.0. The maximum absolute atomic E-state index is 12.2. The summed E-state index contributed by atoms with van der Waals surface area (Å²) < 4.78 is 0. The van der Waals surface area contributed by atoms with Crippen LogP contribution in [0.25, 0.3) is 0 Å². The Bertz CT molecular complexity index is 385. The molecule has 120 valence electrons. The van der Waals surface area contributed by atoms with Crippen molar-refractivity contribution in [1.82, 2.24) is 15.5 Å². The molecular formula is C16H29N3O2. The largest absolute Gasteiger partial charge is 0.355 e. The summed E-state index contributed by atoms with van der Waals surface area (Å²) >= 11 is 0. The molecule has 2 amide bonds. The molecule has 0 saturated carbocycles. The van der Waals surface area contributed by atoms with Gasteiger partial charge < -0.3 is 15.5 Å². The number of nitrogens with zero attached hydrogens (tertiary/aromatic N) is 1. The molecule has 2 aliphatic heterocycles. The van der Waals surface area contributed by atoms with Crippen molar-refractivity contribution in [2.45, 2.75) is 46.5 Å². The van der Waals surface area contributed by atoms with Gasteiger partial charge in [-0.15, -0.1) is 0 Å². The molecular weight excluding hydrogens is 266 g/mol. The molecule has 0 bridgehead atoms. The summed E-state index contributed by atoms with van der Waals surface area (Å²) in [6.07, 6.45) is 3.88. The first-order valence-corrected chi connectivity index (χ1v) is 8.09. The van der Waals surface area contributed by atoms with Gasteiger partial charge in [0.15, 0.2) is 0 Å². The van der Waals surface area contributed by atoms with Crippen LogP contribution in [0.1, 0.15) is 46.5 Å². The monoisotopic (exact) mass is 295 g/mol. The fourth-order valence-electron chi connectivity index (χ4n) is 3.16. The molecule has 1 spiro atoms. The molecule has 0 atom stereocenters. The van der Waals surface area contributed by atoms with Crippen molar-refractivity contribution < 1.29 is 9.59 Å². The molecule has 0 radical (unpaired) electrons. The van der Waals surface area contributed by atoms with Crippen LogP contribution in [0.3, 0.4) is 0 Å². The van der Waals surface area contributed by atoms with Crippen molar-refractivity contribution in [3.8, 4) is 0 Å². The maximum Gasteiger partial charge on any atom is 0.225 e. The molecule has 0 aromatic heterocycles. The Labute approximate surface area is 127 Å². The van der Waals surface area contributed by atoms with Crippen molar-refractivity contribution in [2.75, 3.05) is 32.7 Å². The first-order valence-electron chi connectivity index (χ1n) is 8.09. The van der Waals surface area contributed by atoms with Gasteiger partial charge in [-0.3, -0.25) is 9.59 Å². The standard InChI is InChI=1S/C16H29N3O2/c1-15(2,3)14(21)18-8-4-13(20)19-10-6-16(7-11-19)5-9-17-12-16/h17H,4-12H2,1-3H3,(H,18,21). The van der Waals surface area contributed by atoms with E-state index in [1.807, 2.05) is 25.7 Å². The molecule has 2 fully saturated rings. The van der Waals surface area contributed by atoms with Gasteiger partial charge in [0.1, 0.15) is 0 Å². The van der Waals surface area contributed by atoms with Crippen LogP contribution in [-0.4, -0.2) is 49.4 Å². The molecule has 0 aromatic carbocycles. The van der Waals surface area contributed by atoms with Gasteiger partial charge in [0.25, 0.3) is 0 Å². The molecule has 21 heavy (non-hydrogen) atoms. The number of likely N-dealkylation sites (tertiary alicyclic amines) is 1. The Morgan fingerprint density at radius 1 is 1.19 bits per heavy atom. The molecule has 2 aliphatic rings. The highest BCUT2D eigenvalue weighted by Crippen LogP contribution is 2.36. The van der Waals surface area contributed by atoms with Crippen LogP contribution >= 0.6 is 0 Å². The highest BCUT2D eigenvalue weighted by atomic mass is 16.2. The van der Waals surface area contributed by atoms with Crippen LogP contribution in [0, 0.1) is 10.8 Å². The minimum absolute atomic E-state index is 0.00456. The second-order valence-electron chi connectivity index (χ2n) is 7.56. The number of hydrogen-bond donors (Lipinski definition) is 2. The highest BCUT2D eigenvalue weighted by Gasteiger charge is 2.37. The van der Waals surface area contributed by atoms with Gasteiger partial charge in [0, 0.05) is 38.0 Å². The minimum atomic E-state index is -0.393. The van der Waals surface area contributed by atoms with Gasteiger partial charge in [-0.2, -0.15) is 0 Å². The quantitative estimate of drug-likeness (QED) is 0.821. The Morgan fingerprint density at radius 3 is 2.38 bits per heavy atom. The predicted molar refractivity (Wildman–Crippen MR) is 82.8 cm³/mol. The van der Waals surface area contributed by atoms with E-state index < -0.39 is 5.41 Å². The average molecular weight is 295 g/mol. The van der Waals surface area contributed by atoms with E-state index in [-0.39, 0.29) is 11.8 Å². The van der Waals surface area contributed by atoms with Crippen molar-refractivity contribution in [2.24, 2.45) is 10.8 Å². The van der Waals surface area contributed by atoms with Crippen molar-refractivity contribution in [3.05, 3.63) is 0 Å². The third kappa shape index (κ3) is 4.19. The number of piperidine rings is 1. The number of carbonyl (C=O) groups excluding carboxylic acids is 2. The normalized spacial score (nSPS) is 21.6. The molecule has 2 saturated heterocycles. The SMILES string of the molecule is CC(C)(C)C(=O)NCCC(=O)N1CCC2(CCNC2)CC1. The fraction of sp³-hybridized carbons (Fsp3) is 0.875. The summed E-state index contributed by atoms with van der Waals surface area (Å²) in [4.78, 5) is 25.9. The number of amides is 2. The summed E-state index contributed by atoms with van der Waals surface area (Å²) in [5.41, 5.74) is 0.0489. The smallest absolute Gasteiger partial charge is 0.225 e. The highest BCUT2D eigenvalue weighted by molar-refractivity contribution is 5.82. The lowest BCUT2D eigenvalue weighted by Gasteiger charge is -2.39. The Balaban J connectivity index is 1.69. The minimum Gasteiger partial charge on any atom is -0.355 e. The van der Waals surface area contributed by atoms with E-state index in [0.717, 1.165) is 39.0 Å². The van der Waals surface area contributed by atoms with Crippen LogP contribution in [0.5, 0.6) is 0 Å². The molecule has 5 nitrogen and oxygen atoms in total. The zero-order chi connectivity index (χ0) is 15.5. The van der Waals surface area contributed by atoms with E-state index in [2.05, 4.69) is 10.6 Å². The number of rotatable bonds is 3. The summed E-state index contributed by atoms with van der Waals surface area (Å²) in [5, 5.41) is 6.28.